The second-order valence-corrected chi connectivity index (χ2v) is 9.77. The number of nitrogens with one attached hydrogen (secondary N) is 2. The topological polar surface area (TPSA) is 102 Å². The van der Waals surface area contributed by atoms with Gasteiger partial charge in [-0.15, -0.1) is 0 Å². The zero-order chi connectivity index (χ0) is 24.5. The predicted octanol–water partition coefficient (Wildman–Crippen LogP) is 4.22. The van der Waals surface area contributed by atoms with Gasteiger partial charge in [0.1, 0.15) is 6.54 Å². The van der Waals surface area contributed by atoms with E-state index in [9.17, 15) is 18.0 Å². The molecule has 1 heterocycles. The van der Waals surface area contributed by atoms with Crippen molar-refractivity contribution in [2.45, 2.75) is 31.8 Å². The third kappa shape index (κ3) is 4.57. The molecule has 2 N–H and O–H groups in total. The van der Waals surface area contributed by atoms with Gasteiger partial charge in [0.2, 0.25) is 5.91 Å². The fourth-order valence-electron chi connectivity index (χ4n) is 3.79. The second-order valence-electron chi connectivity index (χ2n) is 7.72. The van der Waals surface area contributed by atoms with Crippen LogP contribution in [0, 0.1) is 6.92 Å². The molecule has 0 atom stereocenters. The minimum absolute atomic E-state index is 0.00460. The summed E-state index contributed by atoms with van der Waals surface area (Å²) < 4.78 is 31.5. The third-order valence-electron chi connectivity index (χ3n) is 5.42. The quantitative estimate of drug-likeness (QED) is 0.398. The molecule has 34 heavy (non-hydrogen) atoms. The van der Waals surface area contributed by atoms with E-state index in [1.807, 2.05) is 19.1 Å². The molecular formula is C24H23ClN4O4S. The first-order valence-electron chi connectivity index (χ1n) is 10.6. The Kier molecular flexibility index (Phi) is 6.49. The lowest BCUT2D eigenvalue weighted by Crippen LogP contribution is -2.29. The van der Waals surface area contributed by atoms with Crippen LogP contribution in [-0.4, -0.2) is 23.5 Å². The number of hydrogen-bond acceptors (Lipinski definition) is 4. The normalized spacial score (nSPS) is 11.5. The first-order chi connectivity index (χ1) is 16.2. The standard InChI is InChI=1S/C24H23ClN4O4S/c1-3-28-20-10-6-7-11-21(20)29(24(28)31)15-23(30)26-17-13-12-16(2)22(14-17)34(32,33)27-19-9-5-4-8-18(19)25/h4-14,27H,3,15H2,1-2H3,(H,26,30). The number of imidazole rings is 1. The summed E-state index contributed by atoms with van der Waals surface area (Å²) in [6.45, 7) is 3.79. The molecule has 0 fully saturated rings. The minimum atomic E-state index is -3.96. The minimum Gasteiger partial charge on any atom is -0.324 e. The summed E-state index contributed by atoms with van der Waals surface area (Å²) >= 11 is 6.09. The number of anilines is 2. The molecule has 4 rings (SSSR count). The van der Waals surface area contributed by atoms with E-state index in [1.165, 1.54) is 10.6 Å². The lowest BCUT2D eigenvalue weighted by molar-refractivity contribution is -0.116. The molecule has 0 spiro atoms. The lowest BCUT2D eigenvalue weighted by atomic mass is 10.2. The Morgan fingerprint density at radius 2 is 1.62 bits per heavy atom. The van der Waals surface area contributed by atoms with Crippen LogP contribution in [0.2, 0.25) is 5.02 Å². The van der Waals surface area contributed by atoms with Crippen LogP contribution in [0.25, 0.3) is 11.0 Å². The van der Waals surface area contributed by atoms with Gasteiger partial charge in [-0.3, -0.25) is 18.7 Å². The van der Waals surface area contributed by atoms with Crippen LogP contribution >= 0.6 is 11.6 Å². The van der Waals surface area contributed by atoms with Crippen molar-refractivity contribution in [2.24, 2.45) is 0 Å². The summed E-state index contributed by atoms with van der Waals surface area (Å²) in [5, 5.41) is 2.97. The van der Waals surface area contributed by atoms with Gasteiger partial charge in [0, 0.05) is 12.2 Å². The number of benzene rings is 3. The van der Waals surface area contributed by atoms with Crippen LogP contribution in [0.5, 0.6) is 0 Å². The number of sulfonamides is 1. The zero-order valence-electron chi connectivity index (χ0n) is 18.6. The third-order valence-corrected chi connectivity index (χ3v) is 7.26. The fraction of sp³-hybridized carbons (Fsp3) is 0.167. The Morgan fingerprint density at radius 3 is 2.29 bits per heavy atom. The van der Waals surface area contributed by atoms with Gasteiger partial charge in [-0.1, -0.05) is 41.9 Å². The first-order valence-corrected chi connectivity index (χ1v) is 12.4. The molecule has 0 aliphatic rings. The molecule has 0 saturated heterocycles. The fourth-order valence-corrected chi connectivity index (χ4v) is 5.38. The van der Waals surface area contributed by atoms with Gasteiger partial charge >= 0.3 is 5.69 Å². The molecule has 0 aliphatic heterocycles. The molecule has 0 aliphatic carbocycles. The van der Waals surface area contributed by atoms with E-state index in [1.54, 1.807) is 60.0 Å². The van der Waals surface area contributed by atoms with E-state index in [4.69, 9.17) is 11.6 Å². The molecule has 1 amide bonds. The highest BCUT2D eigenvalue weighted by Crippen LogP contribution is 2.27. The summed E-state index contributed by atoms with van der Waals surface area (Å²) in [6, 6.07) is 18.4. The average Bonchev–Trinajstić information content (AvgIpc) is 3.07. The largest absolute Gasteiger partial charge is 0.329 e. The molecule has 8 nitrogen and oxygen atoms in total. The number of halogens is 1. The van der Waals surface area contributed by atoms with Crippen molar-refractivity contribution in [1.82, 2.24) is 9.13 Å². The van der Waals surface area contributed by atoms with E-state index in [0.29, 0.717) is 23.3 Å². The maximum absolute atomic E-state index is 13.0. The second kappa shape index (κ2) is 9.36. The summed E-state index contributed by atoms with van der Waals surface area (Å²) in [4.78, 5) is 25.6. The number of aryl methyl sites for hydroxylation is 2. The number of rotatable bonds is 7. The molecule has 0 saturated carbocycles. The molecule has 0 radical (unpaired) electrons. The lowest BCUT2D eigenvalue weighted by Gasteiger charge is -2.13. The maximum Gasteiger partial charge on any atom is 0.329 e. The zero-order valence-corrected chi connectivity index (χ0v) is 20.2. The van der Waals surface area contributed by atoms with Gasteiger partial charge < -0.3 is 5.32 Å². The molecule has 1 aromatic heterocycles. The van der Waals surface area contributed by atoms with Gasteiger partial charge in [-0.25, -0.2) is 13.2 Å². The Hall–Kier alpha value is -3.56. The van der Waals surface area contributed by atoms with E-state index in [2.05, 4.69) is 10.0 Å². The maximum atomic E-state index is 13.0. The Balaban J connectivity index is 1.59. The predicted molar refractivity (Wildman–Crippen MR) is 134 cm³/mol. The van der Waals surface area contributed by atoms with Crippen LogP contribution in [0.4, 0.5) is 11.4 Å². The highest BCUT2D eigenvalue weighted by Gasteiger charge is 2.20. The van der Waals surface area contributed by atoms with E-state index in [0.717, 1.165) is 5.52 Å². The summed E-state index contributed by atoms with van der Waals surface area (Å²) in [5.41, 5.74) is 2.17. The number of para-hydroxylation sites is 3. The molecule has 0 unspecified atom stereocenters. The van der Waals surface area contributed by atoms with Crippen molar-refractivity contribution in [3.8, 4) is 0 Å². The van der Waals surface area contributed by atoms with Crippen molar-refractivity contribution < 1.29 is 13.2 Å². The smallest absolute Gasteiger partial charge is 0.324 e. The summed E-state index contributed by atoms with van der Waals surface area (Å²) in [6.07, 6.45) is 0. The summed E-state index contributed by atoms with van der Waals surface area (Å²) in [7, 11) is -3.96. The molecule has 176 valence electrons. The van der Waals surface area contributed by atoms with E-state index < -0.39 is 15.9 Å². The average molecular weight is 499 g/mol. The SMILES string of the molecule is CCn1c(=O)n(CC(=O)Nc2ccc(C)c(S(=O)(=O)Nc3ccccc3Cl)c2)c2ccccc21. The van der Waals surface area contributed by atoms with Crippen molar-refractivity contribution in [3.05, 3.63) is 87.8 Å². The number of aromatic nitrogens is 2. The van der Waals surface area contributed by atoms with Crippen LogP contribution in [0.1, 0.15) is 12.5 Å². The number of amides is 1. The molecule has 10 heteroatoms. The van der Waals surface area contributed by atoms with E-state index in [-0.39, 0.29) is 27.8 Å². The van der Waals surface area contributed by atoms with Crippen molar-refractivity contribution in [3.63, 3.8) is 0 Å². The number of fused-ring (bicyclic) bond motifs is 1. The van der Waals surface area contributed by atoms with Crippen LogP contribution in [0.3, 0.4) is 0 Å². The van der Waals surface area contributed by atoms with Crippen LogP contribution < -0.4 is 15.7 Å². The highest BCUT2D eigenvalue weighted by atomic mass is 35.5. The Morgan fingerprint density at radius 1 is 0.971 bits per heavy atom. The first kappa shape index (κ1) is 23.6. The molecule has 4 aromatic rings. The number of carbonyl (C=O) groups is 1. The summed E-state index contributed by atoms with van der Waals surface area (Å²) in [5.74, 6) is -0.452. The number of carbonyl (C=O) groups excluding carboxylic acids is 1. The number of nitrogens with zero attached hydrogens (tertiary/aromatic N) is 2. The van der Waals surface area contributed by atoms with Gasteiger partial charge in [0.05, 0.1) is 26.6 Å². The molecular weight excluding hydrogens is 476 g/mol. The van der Waals surface area contributed by atoms with Crippen molar-refractivity contribution >= 4 is 49.9 Å². The highest BCUT2D eigenvalue weighted by molar-refractivity contribution is 7.92. The number of hydrogen-bond donors (Lipinski definition) is 2. The molecule has 0 bridgehead atoms. The molecule has 3 aromatic carbocycles. The van der Waals surface area contributed by atoms with Gasteiger partial charge in [0.25, 0.3) is 10.0 Å². The van der Waals surface area contributed by atoms with Crippen molar-refractivity contribution in [2.75, 3.05) is 10.0 Å². The van der Waals surface area contributed by atoms with E-state index >= 15 is 0 Å². The van der Waals surface area contributed by atoms with Crippen LogP contribution in [-0.2, 0) is 27.9 Å². The van der Waals surface area contributed by atoms with Gasteiger partial charge in [0.15, 0.2) is 0 Å². The van der Waals surface area contributed by atoms with Crippen LogP contribution in [0.15, 0.2) is 76.4 Å². The van der Waals surface area contributed by atoms with Gasteiger partial charge in [-0.2, -0.15) is 0 Å². The van der Waals surface area contributed by atoms with Crippen molar-refractivity contribution in [1.29, 1.82) is 0 Å². The Labute approximate surface area is 201 Å². The van der Waals surface area contributed by atoms with Gasteiger partial charge in [-0.05, 0) is 55.8 Å². The Bertz CT molecular complexity index is 1560. The monoisotopic (exact) mass is 498 g/mol.